The molecule has 0 aliphatic heterocycles. The largest absolute Gasteiger partial charge is 0.350 e. The Bertz CT molecular complexity index is 704. The summed E-state index contributed by atoms with van der Waals surface area (Å²) in [5, 5.41) is 6.64. The van der Waals surface area contributed by atoms with E-state index < -0.39 is 15.7 Å². The molecule has 0 radical (unpaired) electrons. The molecule has 2 heterocycles. The van der Waals surface area contributed by atoms with Crippen LogP contribution in [-0.2, 0) is 9.84 Å². The minimum absolute atomic E-state index is 0.0669. The normalized spacial score (nSPS) is 12.0. The predicted octanol–water partition coefficient (Wildman–Crippen LogP) is 0.530. The van der Waals surface area contributed by atoms with E-state index in [0.29, 0.717) is 5.65 Å². The van der Waals surface area contributed by atoms with Gasteiger partial charge in [-0.15, -0.1) is 0 Å². The summed E-state index contributed by atoms with van der Waals surface area (Å²) in [7, 11) is -3.14. The Morgan fingerprint density at radius 1 is 1.43 bits per heavy atom. The van der Waals surface area contributed by atoms with Crippen LogP contribution in [0.2, 0.25) is 0 Å². The number of sulfone groups is 1. The predicted molar refractivity (Wildman–Crippen MR) is 78.8 cm³/mol. The smallest absolute Gasteiger partial charge is 0.271 e. The van der Waals surface area contributed by atoms with Crippen molar-refractivity contribution in [2.45, 2.75) is 13.8 Å². The van der Waals surface area contributed by atoms with Crippen LogP contribution in [0.25, 0.3) is 5.65 Å². The highest BCUT2D eigenvalue weighted by atomic mass is 32.2. The number of rotatable bonds is 6. The molecule has 0 aromatic carbocycles. The number of aromatic nitrogens is 3. The Hall–Kier alpha value is -1.96. The van der Waals surface area contributed by atoms with Crippen molar-refractivity contribution in [2.75, 3.05) is 18.1 Å². The molecular weight excluding hydrogens is 292 g/mol. The Kier molecular flexibility index (Phi) is 4.56. The average molecular weight is 310 g/mol. The van der Waals surface area contributed by atoms with Crippen LogP contribution in [0.5, 0.6) is 0 Å². The number of carbonyl (C=O) groups excluding carboxylic acids is 1. The minimum atomic E-state index is -3.14. The van der Waals surface area contributed by atoms with Crippen LogP contribution in [0.4, 0.5) is 0 Å². The molecule has 0 unspecified atom stereocenters. The number of nitrogens with one attached hydrogen (secondary N) is 1. The molecule has 21 heavy (non-hydrogen) atoms. The van der Waals surface area contributed by atoms with Gasteiger partial charge in [-0.2, -0.15) is 5.10 Å². The van der Waals surface area contributed by atoms with Gasteiger partial charge in [0, 0.05) is 25.0 Å². The molecule has 8 heteroatoms. The van der Waals surface area contributed by atoms with E-state index in [1.165, 1.54) is 4.52 Å². The van der Waals surface area contributed by atoms with Crippen LogP contribution in [0.15, 0.2) is 24.5 Å². The van der Waals surface area contributed by atoms with Crippen LogP contribution >= 0.6 is 0 Å². The van der Waals surface area contributed by atoms with Gasteiger partial charge in [0.15, 0.2) is 21.2 Å². The van der Waals surface area contributed by atoms with Gasteiger partial charge in [0.05, 0.1) is 11.5 Å². The molecule has 0 saturated heterocycles. The molecule has 114 valence electrons. The number of nitrogens with zero attached hydrogens (tertiary/aromatic N) is 3. The summed E-state index contributed by atoms with van der Waals surface area (Å²) in [6, 6.07) is 3.26. The molecule has 0 atom stereocenters. The lowest BCUT2D eigenvalue weighted by molar-refractivity contribution is 0.0951. The number of fused-ring (bicyclic) bond motifs is 1. The molecule has 0 bridgehead atoms. The molecule has 1 amide bonds. The molecule has 0 aliphatic carbocycles. The van der Waals surface area contributed by atoms with Crippen molar-refractivity contribution < 1.29 is 13.2 Å². The molecule has 1 N–H and O–H groups in total. The Morgan fingerprint density at radius 2 is 2.19 bits per heavy atom. The first-order valence-corrected chi connectivity index (χ1v) is 8.48. The summed E-state index contributed by atoms with van der Waals surface area (Å²) in [6.07, 6.45) is 3.30. The molecule has 7 nitrogen and oxygen atoms in total. The molecule has 0 fully saturated rings. The lowest BCUT2D eigenvalue weighted by Gasteiger charge is -2.07. The van der Waals surface area contributed by atoms with Crippen molar-refractivity contribution in [2.24, 2.45) is 5.92 Å². The molecule has 0 spiro atoms. The monoisotopic (exact) mass is 310 g/mol. The molecular formula is C13H18N4O3S. The second kappa shape index (κ2) is 6.21. The van der Waals surface area contributed by atoms with E-state index in [9.17, 15) is 13.2 Å². The van der Waals surface area contributed by atoms with E-state index >= 15 is 0 Å². The van der Waals surface area contributed by atoms with Crippen molar-refractivity contribution in [1.29, 1.82) is 0 Å². The van der Waals surface area contributed by atoms with E-state index in [2.05, 4.69) is 15.4 Å². The van der Waals surface area contributed by atoms with E-state index in [4.69, 9.17) is 0 Å². The molecule has 2 rings (SSSR count). The highest BCUT2D eigenvalue weighted by Crippen LogP contribution is 2.03. The van der Waals surface area contributed by atoms with Gasteiger partial charge < -0.3 is 5.32 Å². The van der Waals surface area contributed by atoms with E-state index in [1.54, 1.807) is 24.5 Å². The lowest BCUT2D eigenvalue weighted by Crippen LogP contribution is -2.30. The zero-order chi connectivity index (χ0) is 15.5. The Labute approximate surface area is 123 Å². The summed E-state index contributed by atoms with van der Waals surface area (Å²) < 4.78 is 24.9. The topological polar surface area (TPSA) is 93.4 Å². The number of hydrogen-bond donors (Lipinski definition) is 1. The SMILES string of the molecule is CC(C)CS(=O)(=O)CCNC(=O)c1cc2ncccn2n1. The van der Waals surface area contributed by atoms with Gasteiger partial charge in [-0.1, -0.05) is 13.8 Å². The summed E-state index contributed by atoms with van der Waals surface area (Å²) in [5.74, 6) is -0.264. The van der Waals surface area contributed by atoms with Gasteiger partial charge in [0.2, 0.25) is 0 Å². The molecule has 0 aliphatic rings. The van der Waals surface area contributed by atoms with Crippen LogP contribution in [0, 0.1) is 5.92 Å². The third-order valence-corrected chi connectivity index (χ3v) is 4.76. The van der Waals surface area contributed by atoms with Gasteiger partial charge in [-0.3, -0.25) is 4.79 Å². The van der Waals surface area contributed by atoms with Crippen LogP contribution in [0.3, 0.4) is 0 Å². The van der Waals surface area contributed by atoms with Crippen molar-refractivity contribution in [3.63, 3.8) is 0 Å². The zero-order valence-corrected chi connectivity index (χ0v) is 12.8. The quantitative estimate of drug-likeness (QED) is 0.840. The van der Waals surface area contributed by atoms with Gasteiger partial charge in [0.25, 0.3) is 5.91 Å². The average Bonchev–Trinajstić information content (AvgIpc) is 2.80. The number of carbonyl (C=O) groups is 1. The highest BCUT2D eigenvalue weighted by Gasteiger charge is 2.15. The summed E-state index contributed by atoms with van der Waals surface area (Å²) >= 11 is 0. The molecule has 2 aromatic rings. The summed E-state index contributed by atoms with van der Waals surface area (Å²) in [6.45, 7) is 3.77. The third-order valence-electron chi connectivity index (χ3n) is 2.75. The summed E-state index contributed by atoms with van der Waals surface area (Å²) in [5.41, 5.74) is 0.782. The fraction of sp³-hybridized carbons (Fsp3) is 0.462. The third kappa shape index (κ3) is 4.25. The summed E-state index contributed by atoms with van der Waals surface area (Å²) in [4.78, 5) is 16.0. The maximum atomic E-state index is 11.9. The molecule has 0 saturated carbocycles. The Balaban J connectivity index is 1.93. The first-order valence-electron chi connectivity index (χ1n) is 6.66. The van der Waals surface area contributed by atoms with E-state index in [-0.39, 0.29) is 29.7 Å². The van der Waals surface area contributed by atoms with E-state index in [1.807, 2.05) is 13.8 Å². The first kappa shape index (κ1) is 15.4. The maximum absolute atomic E-state index is 11.9. The highest BCUT2D eigenvalue weighted by molar-refractivity contribution is 7.91. The van der Waals surface area contributed by atoms with Gasteiger partial charge in [0.1, 0.15) is 0 Å². The second-order valence-corrected chi connectivity index (χ2v) is 7.44. The standard InChI is InChI=1S/C13H18N4O3S/c1-10(2)9-21(19,20)7-5-15-13(18)11-8-12-14-4-3-6-17(12)16-11/h3-4,6,8,10H,5,7,9H2,1-2H3,(H,15,18). The fourth-order valence-electron chi connectivity index (χ4n) is 1.94. The van der Waals surface area contributed by atoms with Crippen molar-refractivity contribution >= 4 is 21.4 Å². The zero-order valence-electron chi connectivity index (χ0n) is 12.0. The number of hydrogen-bond acceptors (Lipinski definition) is 5. The van der Waals surface area contributed by atoms with E-state index in [0.717, 1.165) is 0 Å². The van der Waals surface area contributed by atoms with Crippen molar-refractivity contribution in [3.05, 3.63) is 30.2 Å². The second-order valence-electron chi connectivity index (χ2n) is 5.22. The van der Waals surface area contributed by atoms with Gasteiger partial charge in [-0.25, -0.2) is 17.9 Å². The van der Waals surface area contributed by atoms with Gasteiger partial charge in [-0.05, 0) is 12.0 Å². The number of amides is 1. The fourth-order valence-corrected chi connectivity index (χ4v) is 3.54. The Morgan fingerprint density at radius 3 is 2.86 bits per heavy atom. The van der Waals surface area contributed by atoms with Crippen LogP contribution < -0.4 is 5.32 Å². The maximum Gasteiger partial charge on any atom is 0.271 e. The lowest BCUT2D eigenvalue weighted by atomic mass is 10.3. The van der Waals surface area contributed by atoms with Crippen molar-refractivity contribution in [3.8, 4) is 0 Å². The van der Waals surface area contributed by atoms with Gasteiger partial charge >= 0.3 is 0 Å². The molecule has 2 aromatic heterocycles. The van der Waals surface area contributed by atoms with Crippen LogP contribution in [0.1, 0.15) is 24.3 Å². The van der Waals surface area contributed by atoms with Crippen LogP contribution in [-0.4, -0.2) is 47.0 Å². The first-order chi connectivity index (χ1) is 9.87. The van der Waals surface area contributed by atoms with Crippen molar-refractivity contribution in [1.82, 2.24) is 19.9 Å². The minimum Gasteiger partial charge on any atom is -0.350 e.